The summed E-state index contributed by atoms with van der Waals surface area (Å²) in [5.74, 6) is 1.69. The molecule has 4 aromatic rings. The summed E-state index contributed by atoms with van der Waals surface area (Å²) in [4.78, 5) is 25.8. The van der Waals surface area contributed by atoms with Crippen LogP contribution in [0.3, 0.4) is 0 Å². The predicted molar refractivity (Wildman–Crippen MR) is 200 cm³/mol. The molecule has 2 amide bonds. The summed E-state index contributed by atoms with van der Waals surface area (Å²) in [6.45, 7) is 0. The minimum atomic E-state index is -0.346. The molecule has 262 valence electrons. The molecule has 0 aliphatic carbocycles. The second kappa shape index (κ2) is 18.9. The van der Waals surface area contributed by atoms with Crippen LogP contribution in [-0.4, -0.2) is 121 Å². The molecule has 4 rings (SSSR count). The Morgan fingerprint density at radius 2 is 0.800 bits per heavy atom. The van der Waals surface area contributed by atoms with E-state index < -0.39 is 0 Å². The van der Waals surface area contributed by atoms with Gasteiger partial charge >= 0.3 is 319 Å². The van der Waals surface area contributed by atoms with E-state index in [1.54, 1.807) is 24.3 Å². The Morgan fingerprint density at radius 1 is 0.500 bits per heavy atom. The topological polar surface area (TPSA) is 138 Å². The predicted octanol–water partition coefficient (Wildman–Crippen LogP) is 1.21. The van der Waals surface area contributed by atoms with E-state index in [1.807, 2.05) is 24.3 Å². The van der Waals surface area contributed by atoms with E-state index in [9.17, 15) is 9.59 Å². The van der Waals surface area contributed by atoms with Gasteiger partial charge in [-0.15, -0.1) is 0 Å². The van der Waals surface area contributed by atoms with Crippen LogP contribution in [0.15, 0.2) is 72.8 Å². The van der Waals surface area contributed by atoms with E-state index >= 15 is 0 Å². The van der Waals surface area contributed by atoms with Crippen molar-refractivity contribution in [3.05, 3.63) is 83.9 Å². The monoisotopic (exact) mass is 946 g/mol. The van der Waals surface area contributed by atoms with Crippen molar-refractivity contribution in [2.24, 2.45) is 0 Å². The summed E-state index contributed by atoms with van der Waals surface area (Å²) in [6, 6.07) is 22.6. The Hall–Kier alpha value is -3.96. The van der Waals surface area contributed by atoms with Crippen LogP contribution in [0.4, 0.5) is 11.4 Å². The fourth-order valence-corrected chi connectivity index (χ4v) is 11.2. The van der Waals surface area contributed by atoms with Crippen molar-refractivity contribution in [1.29, 1.82) is 0 Å². The summed E-state index contributed by atoms with van der Waals surface area (Å²) >= 11 is 6.25. The first kappa shape index (κ1) is 38.8. The number of benzene rings is 4. The van der Waals surface area contributed by atoms with Gasteiger partial charge in [-0.25, -0.2) is 0 Å². The molecule has 0 aliphatic heterocycles. The average molecular weight is 943 g/mol. The van der Waals surface area contributed by atoms with Crippen molar-refractivity contribution in [2.45, 2.75) is 0 Å². The summed E-state index contributed by atoms with van der Waals surface area (Å²) in [6.07, 6.45) is 0. The Balaban J connectivity index is 1.25. The average Bonchev–Trinajstić information content (AvgIpc) is 3.13. The SMILES string of the molecule is COc1cc(C(=O)NC(=[Se])Nc2ccc([Se][Se]c3ccc(NC(=[Se])NC(=O)c4cc(OC)c(OC)c(OC)c4)cc3)cc2)cc(OC)c1OC. The van der Waals surface area contributed by atoms with Gasteiger partial charge in [0.15, 0.2) is 0 Å². The van der Waals surface area contributed by atoms with Gasteiger partial charge in [0.1, 0.15) is 0 Å². The molecule has 0 saturated carbocycles. The number of hydrogen-bond acceptors (Lipinski definition) is 10. The zero-order valence-electron chi connectivity index (χ0n) is 27.8. The second-order valence-corrected chi connectivity index (χ2v) is 17.9. The molecule has 16 heteroatoms. The number of rotatable bonds is 17. The molecular formula is C34H34N4O8Se4. The van der Waals surface area contributed by atoms with Crippen LogP contribution >= 0.6 is 0 Å². The molecule has 0 aromatic heterocycles. The Morgan fingerprint density at radius 3 is 1.06 bits per heavy atom. The first-order chi connectivity index (χ1) is 24.1. The number of ether oxygens (including phenoxy) is 6. The molecule has 0 spiro atoms. The molecular weight excluding hydrogens is 908 g/mol. The van der Waals surface area contributed by atoms with Crippen LogP contribution in [0.2, 0.25) is 0 Å². The van der Waals surface area contributed by atoms with Crippen LogP contribution in [0.1, 0.15) is 20.7 Å². The van der Waals surface area contributed by atoms with Gasteiger partial charge in [-0.1, -0.05) is 0 Å². The third-order valence-electron chi connectivity index (χ3n) is 6.77. The van der Waals surface area contributed by atoms with Crippen molar-refractivity contribution in [1.82, 2.24) is 10.6 Å². The van der Waals surface area contributed by atoms with Crippen LogP contribution in [0, 0.1) is 0 Å². The molecule has 0 fully saturated rings. The van der Waals surface area contributed by atoms with Gasteiger partial charge in [0.25, 0.3) is 0 Å². The minimum absolute atomic E-state index is 0.260. The van der Waals surface area contributed by atoms with Crippen LogP contribution < -0.4 is 58.6 Å². The molecule has 0 atom stereocenters. The zero-order chi connectivity index (χ0) is 36.2. The van der Waals surface area contributed by atoms with Crippen molar-refractivity contribution in [3.8, 4) is 34.5 Å². The molecule has 4 N–H and O–H groups in total. The number of carbonyl (C=O) groups is 2. The van der Waals surface area contributed by atoms with Crippen LogP contribution in [0.25, 0.3) is 0 Å². The first-order valence-corrected chi connectivity index (χ1v) is 22.3. The first-order valence-electron chi connectivity index (χ1n) is 14.5. The Bertz CT molecular complexity index is 1670. The molecule has 0 aliphatic rings. The van der Waals surface area contributed by atoms with Gasteiger partial charge in [0.05, 0.1) is 0 Å². The van der Waals surface area contributed by atoms with Crippen molar-refractivity contribution >= 4 is 98.9 Å². The third kappa shape index (κ3) is 10.3. The van der Waals surface area contributed by atoms with E-state index in [0.717, 1.165) is 11.4 Å². The van der Waals surface area contributed by atoms with Crippen molar-refractivity contribution < 1.29 is 38.0 Å². The Labute approximate surface area is 317 Å². The van der Waals surface area contributed by atoms with Gasteiger partial charge in [-0.3, -0.25) is 0 Å². The third-order valence-corrected chi connectivity index (χ3v) is 14.9. The molecule has 0 unspecified atom stereocenters. The number of anilines is 2. The number of nitrogens with one attached hydrogen (secondary N) is 4. The fourth-order valence-electron chi connectivity index (χ4n) is 4.38. The maximum atomic E-state index is 12.9. The van der Waals surface area contributed by atoms with E-state index in [1.165, 1.54) is 51.6 Å². The standard InChI is InChI=1S/C34H34N4O8Se4/c1-41-25-15-19(16-26(42-2)29(25)45-5)31(39)37-33(47)35-21-7-11-23(12-8-21)49-50-24-13-9-22(10-14-24)36-34(48)38-32(40)20-17-27(43-3)30(46-6)28(18-20)44-4/h7-18H,1-6H3,(H2,35,37,39,47)(H2,36,38,40,48). The molecule has 12 nitrogen and oxygen atoms in total. The fraction of sp³-hybridized carbons (Fsp3) is 0.176. The molecule has 4 aromatic carbocycles. The van der Waals surface area contributed by atoms with Crippen LogP contribution in [-0.2, 0) is 0 Å². The van der Waals surface area contributed by atoms with E-state index in [2.05, 4.69) is 76.7 Å². The maximum absolute atomic E-state index is 12.9. The number of hydrogen-bond donors (Lipinski definition) is 4. The second-order valence-electron chi connectivity index (χ2n) is 9.86. The quantitative estimate of drug-likeness (QED) is 0.115. The molecule has 0 heterocycles. The molecule has 50 heavy (non-hydrogen) atoms. The van der Waals surface area contributed by atoms with Crippen molar-refractivity contribution in [2.75, 3.05) is 53.3 Å². The van der Waals surface area contributed by atoms with Gasteiger partial charge in [0.2, 0.25) is 0 Å². The number of amides is 2. The van der Waals surface area contributed by atoms with Gasteiger partial charge in [-0.2, -0.15) is 0 Å². The van der Waals surface area contributed by atoms with Gasteiger partial charge < -0.3 is 0 Å². The normalized spacial score (nSPS) is 10.3. The molecule has 0 radical (unpaired) electrons. The molecule has 0 bridgehead atoms. The number of methoxy groups -OCH3 is 6. The zero-order valence-corrected chi connectivity index (χ0v) is 34.7. The molecule has 0 saturated heterocycles. The summed E-state index contributed by atoms with van der Waals surface area (Å²) < 4.78 is 35.5. The van der Waals surface area contributed by atoms with E-state index in [0.29, 0.717) is 55.0 Å². The summed E-state index contributed by atoms with van der Waals surface area (Å²) in [7, 11) is 9.01. The van der Waals surface area contributed by atoms with Crippen LogP contribution in [0.5, 0.6) is 34.5 Å². The van der Waals surface area contributed by atoms with Gasteiger partial charge in [-0.05, 0) is 0 Å². The Kier molecular flexibility index (Phi) is 14.7. The van der Waals surface area contributed by atoms with Crippen molar-refractivity contribution in [3.63, 3.8) is 0 Å². The summed E-state index contributed by atoms with van der Waals surface area (Å²) in [5.41, 5.74) is 2.35. The summed E-state index contributed by atoms with van der Waals surface area (Å²) in [5, 5.41) is 12.0. The number of carbonyl (C=O) groups excluding carboxylic acids is 2. The van der Waals surface area contributed by atoms with Gasteiger partial charge in [0, 0.05) is 0 Å². The van der Waals surface area contributed by atoms with E-state index in [-0.39, 0.29) is 38.1 Å². The van der Waals surface area contributed by atoms with E-state index in [4.69, 9.17) is 28.4 Å².